The number of benzene rings is 1. The van der Waals surface area contributed by atoms with Gasteiger partial charge in [0.2, 0.25) is 5.91 Å². The molecule has 3 heterocycles. The molecule has 0 spiro atoms. The fraction of sp³-hybridized carbons (Fsp3) is 0.176. The molecular weight excluding hydrogens is 330 g/mol. The monoisotopic (exact) mass is 342 g/mol. The quantitative estimate of drug-likeness (QED) is 0.732. The van der Waals surface area contributed by atoms with Crippen LogP contribution in [0.25, 0.3) is 11.6 Å². The molecule has 2 aromatic heterocycles. The van der Waals surface area contributed by atoms with Gasteiger partial charge in [-0.15, -0.1) is 0 Å². The van der Waals surface area contributed by atoms with Crippen LogP contribution in [0.4, 0.5) is 14.5 Å². The summed E-state index contributed by atoms with van der Waals surface area (Å²) in [5.74, 6) is -1.41. The lowest BCUT2D eigenvalue weighted by Gasteiger charge is -2.16. The zero-order chi connectivity index (χ0) is 17.4. The highest BCUT2D eigenvalue weighted by atomic mass is 19.1. The summed E-state index contributed by atoms with van der Waals surface area (Å²) in [5.41, 5.74) is 0.716. The van der Waals surface area contributed by atoms with E-state index in [1.54, 1.807) is 24.4 Å². The minimum atomic E-state index is -0.733. The Kier molecular flexibility index (Phi) is 3.72. The minimum absolute atomic E-state index is 0.138. The molecule has 6 nitrogen and oxygen atoms in total. The molecule has 1 aliphatic rings. The lowest BCUT2D eigenvalue weighted by Crippen LogP contribution is -2.24. The molecule has 0 saturated carbocycles. The van der Waals surface area contributed by atoms with Crippen molar-refractivity contribution >= 4 is 11.6 Å². The molecule has 1 aromatic carbocycles. The van der Waals surface area contributed by atoms with Crippen molar-refractivity contribution in [3.8, 4) is 11.6 Å². The number of hydrogen-bond donors (Lipinski definition) is 0. The second-order valence-corrected chi connectivity index (χ2v) is 5.71. The van der Waals surface area contributed by atoms with Crippen LogP contribution in [-0.4, -0.2) is 27.6 Å². The van der Waals surface area contributed by atoms with E-state index in [1.807, 2.05) is 0 Å². The van der Waals surface area contributed by atoms with Gasteiger partial charge in [0.05, 0.1) is 0 Å². The maximum absolute atomic E-state index is 13.4. The number of amides is 1. The van der Waals surface area contributed by atoms with E-state index in [4.69, 9.17) is 4.52 Å². The van der Waals surface area contributed by atoms with E-state index in [0.29, 0.717) is 11.5 Å². The largest absolute Gasteiger partial charge is 0.332 e. The molecule has 8 heteroatoms. The van der Waals surface area contributed by atoms with E-state index in [9.17, 15) is 13.6 Å². The van der Waals surface area contributed by atoms with Crippen molar-refractivity contribution in [1.82, 2.24) is 15.1 Å². The lowest BCUT2D eigenvalue weighted by atomic mass is 10.1. The van der Waals surface area contributed by atoms with Gasteiger partial charge < -0.3 is 9.42 Å². The molecule has 1 saturated heterocycles. The summed E-state index contributed by atoms with van der Waals surface area (Å²) >= 11 is 0. The van der Waals surface area contributed by atoms with Crippen molar-refractivity contribution in [2.45, 2.75) is 12.3 Å². The van der Waals surface area contributed by atoms with E-state index in [-0.39, 0.29) is 36.4 Å². The minimum Gasteiger partial charge on any atom is -0.332 e. The molecular formula is C17H12F2N4O2. The summed E-state index contributed by atoms with van der Waals surface area (Å²) < 4.78 is 32.0. The first-order chi connectivity index (χ1) is 12.1. The topological polar surface area (TPSA) is 72.1 Å². The molecule has 1 unspecified atom stereocenters. The Labute approximate surface area is 141 Å². The van der Waals surface area contributed by atoms with Gasteiger partial charge >= 0.3 is 0 Å². The van der Waals surface area contributed by atoms with Crippen LogP contribution in [0.3, 0.4) is 0 Å². The molecule has 25 heavy (non-hydrogen) atoms. The zero-order valence-electron chi connectivity index (χ0n) is 12.9. The van der Waals surface area contributed by atoms with Gasteiger partial charge in [-0.1, -0.05) is 11.2 Å². The van der Waals surface area contributed by atoms with Crippen LogP contribution in [0.2, 0.25) is 0 Å². The lowest BCUT2D eigenvalue weighted by molar-refractivity contribution is -0.117. The molecule has 1 aliphatic heterocycles. The van der Waals surface area contributed by atoms with Gasteiger partial charge in [-0.2, -0.15) is 4.98 Å². The molecule has 3 aromatic rings. The van der Waals surface area contributed by atoms with E-state index in [1.165, 1.54) is 4.90 Å². The van der Waals surface area contributed by atoms with Crippen molar-refractivity contribution in [3.05, 3.63) is 60.1 Å². The maximum atomic E-state index is 13.4. The number of anilines is 1. The van der Waals surface area contributed by atoms with E-state index >= 15 is 0 Å². The molecule has 4 rings (SSSR count). The van der Waals surface area contributed by atoms with Crippen molar-refractivity contribution in [2.24, 2.45) is 0 Å². The second-order valence-electron chi connectivity index (χ2n) is 5.71. The number of carbonyl (C=O) groups is 1. The highest BCUT2D eigenvalue weighted by molar-refractivity contribution is 5.96. The number of aromatic nitrogens is 3. The van der Waals surface area contributed by atoms with Gasteiger partial charge in [0.1, 0.15) is 17.3 Å². The van der Waals surface area contributed by atoms with Crippen LogP contribution in [0, 0.1) is 11.6 Å². The SMILES string of the molecule is O=C1CC(c2noc(-c3ccccn3)n2)CN1c1cc(F)cc(F)c1. The third-order valence-electron chi connectivity index (χ3n) is 3.97. The Balaban J connectivity index is 1.57. The van der Waals surface area contributed by atoms with E-state index < -0.39 is 11.6 Å². The van der Waals surface area contributed by atoms with Crippen molar-refractivity contribution in [2.75, 3.05) is 11.4 Å². The van der Waals surface area contributed by atoms with E-state index in [2.05, 4.69) is 15.1 Å². The first-order valence-electron chi connectivity index (χ1n) is 7.61. The number of hydrogen-bond acceptors (Lipinski definition) is 5. The van der Waals surface area contributed by atoms with Gasteiger partial charge in [-0.25, -0.2) is 8.78 Å². The number of nitrogens with zero attached hydrogens (tertiary/aromatic N) is 4. The highest BCUT2D eigenvalue weighted by Gasteiger charge is 2.35. The summed E-state index contributed by atoms with van der Waals surface area (Å²) in [7, 11) is 0. The van der Waals surface area contributed by atoms with Crippen molar-refractivity contribution < 1.29 is 18.1 Å². The molecule has 1 atom stereocenters. The third kappa shape index (κ3) is 2.98. The summed E-state index contributed by atoms with van der Waals surface area (Å²) in [6.45, 7) is 0.225. The van der Waals surface area contributed by atoms with Gasteiger partial charge in [-0.3, -0.25) is 9.78 Å². The molecule has 126 valence electrons. The Hall–Kier alpha value is -3.16. The van der Waals surface area contributed by atoms with Crippen molar-refractivity contribution in [3.63, 3.8) is 0 Å². The summed E-state index contributed by atoms with van der Waals surface area (Å²) in [4.78, 5) is 22.0. The summed E-state index contributed by atoms with van der Waals surface area (Å²) in [6, 6.07) is 8.31. The zero-order valence-corrected chi connectivity index (χ0v) is 12.9. The van der Waals surface area contributed by atoms with Crippen LogP contribution in [0.1, 0.15) is 18.2 Å². The predicted octanol–water partition coefficient (Wildman–Crippen LogP) is 2.93. The summed E-state index contributed by atoms with van der Waals surface area (Å²) in [5, 5.41) is 3.92. The Morgan fingerprint density at radius 1 is 1.16 bits per heavy atom. The average molecular weight is 342 g/mol. The van der Waals surface area contributed by atoms with Crippen LogP contribution < -0.4 is 4.90 Å². The van der Waals surface area contributed by atoms with Crippen LogP contribution in [-0.2, 0) is 4.79 Å². The Morgan fingerprint density at radius 2 is 1.96 bits per heavy atom. The van der Waals surface area contributed by atoms with Gasteiger partial charge in [0.15, 0.2) is 5.82 Å². The normalized spacial score (nSPS) is 17.3. The van der Waals surface area contributed by atoms with Gasteiger partial charge in [0, 0.05) is 36.8 Å². The molecule has 0 radical (unpaired) electrons. The molecule has 1 fully saturated rings. The van der Waals surface area contributed by atoms with Crippen LogP contribution in [0.15, 0.2) is 47.1 Å². The highest BCUT2D eigenvalue weighted by Crippen LogP contribution is 2.32. The number of halogens is 2. The van der Waals surface area contributed by atoms with E-state index in [0.717, 1.165) is 18.2 Å². The van der Waals surface area contributed by atoms with Gasteiger partial charge in [-0.05, 0) is 24.3 Å². The second kappa shape index (κ2) is 6.04. The maximum Gasteiger partial charge on any atom is 0.276 e. The molecule has 0 N–H and O–H groups in total. The number of pyridine rings is 1. The number of carbonyl (C=O) groups excluding carboxylic acids is 1. The first kappa shape index (κ1) is 15.4. The first-order valence-corrected chi connectivity index (χ1v) is 7.61. The molecule has 0 aliphatic carbocycles. The Bertz CT molecular complexity index is 909. The fourth-order valence-electron chi connectivity index (χ4n) is 2.82. The fourth-order valence-corrected chi connectivity index (χ4v) is 2.82. The predicted molar refractivity (Wildman–Crippen MR) is 83.6 cm³/mol. The third-order valence-corrected chi connectivity index (χ3v) is 3.97. The number of rotatable bonds is 3. The van der Waals surface area contributed by atoms with Crippen LogP contribution >= 0.6 is 0 Å². The Morgan fingerprint density at radius 3 is 2.68 bits per heavy atom. The van der Waals surface area contributed by atoms with Crippen molar-refractivity contribution in [1.29, 1.82) is 0 Å². The smallest absolute Gasteiger partial charge is 0.276 e. The standard InChI is InChI=1S/C17H12F2N4O2/c18-11-6-12(19)8-13(7-11)23-9-10(5-15(23)24)16-21-17(25-22-16)14-3-1-2-4-20-14/h1-4,6-8,10H,5,9H2. The average Bonchev–Trinajstić information content (AvgIpc) is 3.21. The van der Waals surface area contributed by atoms with Crippen LogP contribution in [0.5, 0.6) is 0 Å². The molecule has 1 amide bonds. The summed E-state index contributed by atoms with van der Waals surface area (Å²) in [6.07, 6.45) is 1.75. The molecule has 0 bridgehead atoms. The van der Waals surface area contributed by atoms with Gasteiger partial charge in [0.25, 0.3) is 5.89 Å².